The van der Waals surface area contributed by atoms with Gasteiger partial charge in [-0.2, -0.15) is 0 Å². The molecule has 2 heterocycles. The predicted octanol–water partition coefficient (Wildman–Crippen LogP) is 1.65. The van der Waals surface area contributed by atoms with Gasteiger partial charge in [-0.1, -0.05) is 24.3 Å². The summed E-state index contributed by atoms with van der Waals surface area (Å²) in [7, 11) is -3.49. The van der Waals surface area contributed by atoms with Gasteiger partial charge in [0.1, 0.15) is 0 Å². The summed E-state index contributed by atoms with van der Waals surface area (Å²) >= 11 is 0. The van der Waals surface area contributed by atoms with E-state index >= 15 is 0 Å². The minimum atomic E-state index is -3.49. The van der Waals surface area contributed by atoms with Crippen LogP contribution in [0, 0.1) is 0 Å². The lowest BCUT2D eigenvalue weighted by atomic mass is 9.96. The maximum atomic E-state index is 12.8. The maximum Gasteiger partial charge on any atom is 0.214 e. The summed E-state index contributed by atoms with van der Waals surface area (Å²) in [6.45, 7) is 6.21. The lowest BCUT2D eigenvalue weighted by Crippen LogP contribution is -2.47. The Morgan fingerprint density at radius 3 is 2.52 bits per heavy atom. The highest BCUT2D eigenvalue weighted by molar-refractivity contribution is 7.89. The number of benzene rings is 1. The minimum absolute atomic E-state index is 0.0383. The standard InChI is InChI=1S/C21H34N2O5S/c1-2-28-21(9-13-27-14-10-21)17-29(25,26)22-15-18-5-3-4-6-19(18)16-23-11-7-20(24)8-12-23/h3-6,20,22,24H,2,7-17H2,1H3. The average molecular weight is 427 g/mol. The summed E-state index contributed by atoms with van der Waals surface area (Å²) in [5, 5.41) is 9.69. The number of piperidine rings is 1. The molecular weight excluding hydrogens is 392 g/mol. The normalized spacial score (nSPS) is 21.3. The predicted molar refractivity (Wildman–Crippen MR) is 112 cm³/mol. The molecule has 1 aromatic carbocycles. The van der Waals surface area contributed by atoms with Gasteiger partial charge in [-0.05, 0) is 30.9 Å². The fourth-order valence-electron chi connectivity index (χ4n) is 4.17. The Hall–Kier alpha value is -1.03. The van der Waals surface area contributed by atoms with Gasteiger partial charge in [-0.3, -0.25) is 4.90 Å². The van der Waals surface area contributed by atoms with Crippen molar-refractivity contribution in [1.29, 1.82) is 0 Å². The first-order valence-electron chi connectivity index (χ1n) is 10.6. The van der Waals surface area contributed by atoms with Crippen LogP contribution >= 0.6 is 0 Å². The maximum absolute atomic E-state index is 12.8. The Morgan fingerprint density at radius 2 is 1.86 bits per heavy atom. The summed E-state index contributed by atoms with van der Waals surface area (Å²) in [6.07, 6.45) is 2.57. The highest BCUT2D eigenvalue weighted by atomic mass is 32.2. The number of rotatable bonds is 9. The van der Waals surface area contributed by atoms with Gasteiger partial charge in [0.05, 0.1) is 17.5 Å². The van der Waals surface area contributed by atoms with Gasteiger partial charge in [0.15, 0.2) is 0 Å². The molecular formula is C21H34N2O5S. The minimum Gasteiger partial charge on any atom is -0.393 e. The molecule has 3 rings (SSSR count). The third-order valence-corrected chi connectivity index (χ3v) is 7.35. The smallest absolute Gasteiger partial charge is 0.214 e. The number of ether oxygens (including phenoxy) is 2. The van der Waals surface area contributed by atoms with Crippen LogP contribution in [-0.4, -0.2) is 68.8 Å². The molecule has 164 valence electrons. The van der Waals surface area contributed by atoms with Gasteiger partial charge in [0.25, 0.3) is 0 Å². The van der Waals surface area contributed by atoms with Crippen molar-refractivity contribution in [3.8, 4) is 0 Å². The lowest BCUT2D eigenvalue weighted by Gasteiger charge is -2.36. The average Bonchev–Trinajstić information content (AvgIpc) is 2.69. The number of aliphatic hydroxyl groups is 1. The van der Waals surface area contributed by atoms with E-state index in [1.165, 1.54) is 0 Å². The number of likely N-dealkylation sites (tertiary alicyclic amines) is 1. The second-order valence-electron chi connectivity index (χ2n) is 8.08. The highest BCUT2D eigenvalue weighted by Crippen LogP contribution is 2.27. The molecule has 2 aliphatic rings. The molecule has 29 heavy (non-hydrogen) atoms. The van der Waals surface area contributed by atoms with Gasteiger partial charge in [0, 0.05) is 58.8 Å². The molecule has 0 unspecified atom stereocenters. The molecule has 0 amide bonds. The first-order chi connectivity index (χ1) is 13.9. The van der Waals surface area contributed by atoms with Crippen LogP contribution < -0.4 is 4.72 Å². The van der Waals surface area contributed by atoms with Crippen molar-refractivity contribution in [3.05, 3.63) is 35.4 Å². The van der Waals surface area contributed by atoms with E-state index < -0.39 is 15.6 Å². The second-order valence-corrected chi connectivity index (χ2v) is 9.89. The van der Waals surface area contributed by atoms with Crippen LogP contribution in [0.25, 0.3) is 0 Å². The van der Waals surface area contributed by atoms with Crippen LogP contribution in [0.5, 0.6) is 0 Å². The Kier molecular flexibility index (Phi) is 8.07. The van der Waals surface area contributed by atoms with Crippen LogP contribution in [0.15, 0.2) is 24.3 Å². The van der Waals surface area contributed by atoms with Gasteiger partial charge in [-0.25, -0.2) is 13.1 Å². The number of hydrogen-bond donors (Lipinski definition) is 2. The van der Waals surface area contributed by atoms with Crippen molar-refractivity contribution >= 4 is 10.0 Å². The van der Waals surface area contributed by atoms with Crippen LogP contribution in [-0.2, 0) is 32.6 Å². The SMILES string of the molecule is CCOC1(CS(=O)(=O)NCc2ccccc2CN2CCC(O)CC2)CCOCC1. The summed E-state index contributed by atoms with van der Waals surface area (Å²) in [4.78, 5) is 2.31. The Bertz CT molecular complexity index is 736. The van der Waals surface area contributed by atoms with E-state index in [4.69, 9.17) is 9.47 Å². The number of nitrogens with zero attached hydrogens (tertiary/aromatic N) is 1. The molecule has 7 nitrogen and oxygen atoms in total. The van der Waals surface area contributed by atoms with Gasteiger partial charge in [-0.15, -0.1) is 0 Å². The molecule has 2 fully saturated rings. The molecule has 0 spiro atoms. The van der Waals surface area contributed by atoms with Gasteiger partial charge in [0.2, 0.25) is 10.0 Å². The number of sulfonamides is 1. The molecule has 2 aliphatic heterocycles. The molecule has 0 atom stereocenters. The van der Waals surface area contributed by atoms with E-state index in [-0.39, 0.29) is 18.4 Å². The third kappa shape index (κ3) is 6.73. The molecule has 2 N–H and O–H groups in total. The molecule has 0 aliphatic carbocycles. The zero-order valence-corrected chi connectivity index (χ0v) is 18.1. The van der Waals surface area contributed by atoms with E-state index in [0.717, 1.165) is 43.6 Å². The summed E-state index contributed by atoms with van der Waals surface area (Å²) in [5.41, 5.74) is 1.45. The van der Waals surface area contributed by atoms with Crippen molar-refractivity contribution in [3.63, 3.8) is 0 Å². The zero-order chi connectivity index (χ0) is 20.7. The molecule has 1 aromatic rings. The molecule has 0 aromatic heterocycles. The number of aliphatic hydroxyl groups excluding tert-OH is 1. The quantitative estimate of drug-likeness (QED) is 0.624. The second kappa shape index (κ2) is 10.3. The van der Waals surface area contributed by atoms with Crippen molar-refractivity contribution in [1.82, 2.24) is 9.62 Å². The topological polar surface area (TPSA) is 88.1 Å². The van der Waals surface area contributed by atoms with Crippen LogP contribution in [0.1, 0.15) is 43.7 Å². The number of nitrogens with one attached hydrogen (secondary N) is 1. The van der Waals surface area contributed by atoms with Crippen LogP contribution in [0.4, 0.5) is 0 Å². The third-order valence-electron chi connectivity index (χ3n) is 5.86. The Balaban J connectivity index is 1.61. The Labute approximate surface area is 174 Å². The molecule has 0 radical (unpaired) electrons. The first-order valence-corrected chi connectivity index (χ1v) is 12.2. The first kappa shape index (κ1) is 22.7. The zero-order valence-electron chi connectivity index (χ0n) is 17.3. The fourth-order valence-corrected chi connectivity index (χ4v) is 5.71. The lowest BCUT2D eigenvalue weighted by molar-refractivity contribution is -0.0927. The number of hydrogen-bond acceptors (Lipinski definition) is 6. The van der Waals surface area contributed by atoms with Gasteiger partial charge < -0.3 is 14.6 Å². The van der Waals surface area contributed by atoms with E-state index in [0.29, 0.717) is 32.7 Å². The van der Waals surface area contributed by atoms with Gasteiger partial charge >= 0.3 is 0 Å². The molecule has 8 heteroatoms. The largest absolute Gasteiger partial charge is 0.393 e. The van der Waals surface area contributed by atoms with E-state index in [2.05, 4.69) is 15.7 Å². The van der Waals surface area contributed by atoms with Crippen molar-refractivity contribution < 1.29 is 23.0 Å². The van der Waals surface area contributed by atoms with E-state index in [1.54, 1.807) is 0 Å². The Morgan fingerprint density at radius 1 is 1.21 bits per heavy atom. The van der Waals surface area contributed by atoms with Crippen molar-refractivity contribution in [2.45, 2.75) is 57.4 Å². The van der Waals surface area contributed by atoms with Crippen molar-refractivity contribution in [2.24, 2.45) is 0 Å². The fraction of sp³-hybridized carbons (Fsp3) is 0.714. The summed E-state index contributed by atoms with van der Waals surface area (Å²) < 4.78 is 39.7. The van der Waals surface area contributed by atoms with Crippen LogP contribution in [0.2, 0.25) is 0 Å². The molecule has 2 saturated heterocycles. The van der Waals surface area contributed by atoms with Crippen LogP contribution in [0.3, 0.4) is 0 Å². The monoisotopic (exact) mass is 426 g/mol. The highest BCUT2D eigenvalue weighted by Gasteiger charge is 2.38. The van der Waals surface area contributed by atoms with E-state index in [1.807, 2.05) is 25.1 Å². The van der Waals surface area contributed by atoms with E-state index in [9.17, 15) is 13.5 Å². The summed E-state index contributed by atoms with van der Waals surface area (Å²) in [6, 6.07) is 7.95. The van der Waals surface area contributed by atoms with Crippen molar-refractivity contribution in [2.75, 3.05) is 38.7 Å². The molecule has 0 bridgehead atoms. The molecule has 0 saturated carbocycles. The summed E-state index contributed by atoms with van der Waals surface area (Å²) in [5.74, 6) is -0.0383.